The zero-order valence-corrected chi connectivity index (χ0v) is 12.8. The third-order valence-corrected chi connectivity index (χ3v) is 4.96. The molecule has 0 aliphatic carbocycles. The van der Waals surface area contributed by atoms with Crippen molar-refractivity contribution in [2.75, 3.05) is 19.3 Å². The second kappa shape index (κ2) is 5.23. The average molecular weight is 307 g/mol. The van der Waals surface area contributed by atoms with Crippen LogP contribution in [0.15, 0.2) is 28.8 Å². The van der Waals surface area contributed by atoms with E-state index in [-0.39, 0.29) is 5.92 Å². The van der Waals surface area contributed by atoms with E-state index in [1.807, 2.05) is 24.3 Å². The lowest BCUT2D eigenvalue weighted by Gasteiger charge is -2.34. The third-order valence-electron chi connectivity index (χ3n) is 3.73. The van der Waals surface area contributed by atoms with Gasteiger partial charge in [-0.05, 0) is 12.0 Å². The smallest absolute Gasteiger partial charge is 0.232 e. The molecule has 21 heavy (non-hydrogen) atoms. The van der Waals surface area contributed by atoms with E-state index >= 15 is 0 Å². The van der Waals surface area contributed by atoms with E-state index in [2.05, 4.69) is 17.1 Å². The highest BCUT2D eigenvalue weighted by Gasteiger charge is 2.37. The summed E-state index contributed by atoms with van der Waals surface area (Å²) in [5.74, 6) is 1.05. The molecule has 0 radical (unpaired) electrons. The molecule has 1 aliphatic heterocycles. The second-order valence-corrected chi connectivity index (χ2v) is 7.27. The van der Waals surface area contributed by atoms with E-state index in [0.29, 0.717) is 24.8 Å². The lowest BCUT2D eigenvalue weighted by atomic mass is 10.0. The number of nitrogens with zero attached hydrogens (tertiary/aromatic N) is 3. The van der Waals surface area contributed by atoms with Crippen LogP contribution in [0.3, 0.4) is 0 Å². The molecule has 0 spiro atoms. The fourth-order valence-corrected chi connectivity index (χ4v) is 3.17. The van der Waals surface area contributed by atoms with Crippen molar-refractivity contribution in [1.29, 1.82) is 0 Å². The number of hydrogen-bond acceptors (Lipinski definition) is 5. The highest BCUT2D eigenvalue weighted by Crippen LogP contribution is 2.29. The van der Waals surface area contributed by atoms with Gasteiger partial charge in [0.15, 0.2) is 0 Å². The largest absolute Gasteiger partial charge is 0.339 e. The third kappa shape index (κ3) is 2.84. The van der Waals surface area contributed by atoms with Crippen LogP contribution in [0.5, 0.6) is 0 Å². The summed E-state index contributed by atoms with van der Waals surface area (Å²) in [7, 11) is -3.12. The van der Waals surface area contributed by atoms with E-state index in [0.717, 1.165) is 12.0 Å². The topological polar surface area (TPSA) is 76.3 Å². The van der Waals surface area contributed by atoms with E-state index < -0.39 is 10.0 Å². The maximum absolute atomic E-state index is 11.3. The first-order valence-electron chi connectivity index (χ1n) is 6.85. The average Bonchev–Trinajstić information content (AvgIpc) is 2.85. The molecule has 0 amide bonds. The zero-order chi connectivity index (χ0) is 15.0. The normalized spacial score (nSPS) is 16.9. The minimum atomic E-state index is -3.12. The van der Waals surface area contributed by atoms with E-state index in [1.54, 1.807) is 0 Å². The van der Waals surface area contributed by atoms with Crippen LogP contribution in [0.4, 0.5) is 0 Å². The van der Waals surface area contributed by atoms with Gasteiger partial charge < -0.3 is 4.52 Å². The minimum Gasteiger partial charge on any atom is -0.339 e. The highest BCUT2D eigenvalue weighted by atomic mass is 32.2. The molecule has 2 heterocycles. The van der Waals surface area contributed by atoms with Crippen molar-refractivity contribution >= 4 is 10.0 Å². The van der Waals surface area contributed by atoms with E-state index in [4.69, 9.17) is 4.52 Å². The maximum atomic E-state index is 11.3. The molecule has 3 rings (SSSR count). The van der Waals surface area contributed by atoms with E-state index in [9.17, 15) is 8.42 Å². The van der Waals surface area contributed by atoms with Crippen molar-refractivity contribution < 1.29 is 12.9 Å². The first kappa shape index (κ1) is 14.2. The quantitative estimate of drug-likeness (QED) is 0.858. The van der Waals surface area contributed by atoms with Crippen molar-refractivity contribution in [2.45, 2.75) is 19.3 Å². The summed E-state index contributed by atoms with van der Waals surface area (Å²) in [6.45, 7) is 2.93. The standard InChI is InChI=1S/C14H17N3O3S/c1-3-10-4-6-11(7-5-10)13-15-14(20-16-13)12-8-17(9-12)21(2,18)19/h4-7,12H,3,8-9H2,1-2H3. The molecule has 0 unspecified atom stereocenters. The number of hydrogen-bond donors (Lipinski definition) is 0. The molecule has 112 valence electrons. The highest BCUT2D eigenvalue weighted by molar-refractivity contribution is 7.88. The predicted molar refractivity (Wildman–Crippen MR) is 78.3 cm³/mol. The summed E-state index contributed by atoms with van der Waals surface area (Å²) in [6, 6.07) is 8.02. The molecule has 1 aliphatic rings. The lowest BCUT2D eigenvalue weighted by Crippen LogP contribution is -2.47. The van der Waals surface area contributed by atoms with Gasteiger partial charge in [-0.15, -0.1) is 0 Å². The Kier molecular flexibility index (Phi) is 3.54. The first-order valence-corrected chi connectivity index (χ1v) is 8.70. The SMILES string of the molecule is CCc1ccc(-c2noc(C3CN(S(C)(=O)=O)C3)n2)cc1. The first-order chi connectivity index (χ1) is 9.97. The van der Waals surface area contributed by atoms with Gasteiger partial charge in [0, 0.05) is 18.7 Å². The summed E-state index contributed by atoms with van der Waals surface area (Å²) < 4.78 is 29.3. The molecule has 0 N–H and O–H groups in total. The summed E-state index contributed by atoms with van der Waals surface area (Å²) in [6.07, 6.45) is 2.19. The fourth-order valence-electron chi connectivity index (χ4n) is 2.27. The Morgan fingerprint density at radius 2 is 1.95 bits per heavy atom. The van der Waals surface area contributed by atoms with Gasteiger partial charge in [-0.2, -0.15) is 4.98 Å². The van der Waals surface area contributed by atoms with Gasteiger partial charge in [-0.3, -0.25) is 0 Å². The van der Waals surface area contributed by atoms with Crippen LogP contribution in [0.25, 0.3) is 11.4 Å². The van der Waals surface area contributed by atoms with Crippen molar-refractivity contribution in [1.82, 2.24) is 14.4 Å². The van der Waals surface area contributed by atoms with Gasteiger partial charge in [-0.1, -0.05) is 36.3 Å². The molecule has 0 atom stereocenters. The molecule has 0 bridgehead atoms. The molecule has 7 heteroatoms. The molecule has 1 fully saturated rings. The zero-order valence-electron chi connectivity index (χ0n) is 12.0. The fraction of sp³-hybridized carbons (Fsp3) is 0.429. The predicted octanol–water partition coefficient (Wildman–Crippen LogP) is 1.66. The Hall–Kier alpha value is -1.73. The second-order valence-electron chi connectivity index (χ2n) is 5.28. The molecule has 0 saturated carbocycles. The summed E-state index contributed by atoms with van der Waals surface area (Å²) >= 11 is 0. The number of aromatic nitrogens is 2. The van der Waals surface area contributed by atoms with Gasteiger partial charge in [0.1, 0.15) is 0 Å². The summed E-state index contributed by atoms with van der Waals surface area (Å²) in [5.41, 5.74) is 2.16. The van der Waals surface area contributed by atoms with Crippen molar-refractivity contribution in [2.24, 2.45) is 0 Å². The number of benzene rings is 1. The molecular formula is C14H17N3O3S. The van der Waals surface area contributed by atoms with Crippen LogP contribution < -0.4 is 0 Å². The Labute approximate surface area is 123 Å². The van der Waals surface area contributed by atoms with Crippen LogP contribution in [0.2, 0.25) is 0 Å². The maximum Gasteiger partial charge on any atom is 0.232 e. The Bertz CT molecular complexity index is 731. The van der Waals surface area contributed by atoms with Crippen LogP contribution in [0, 0.1) is 0 Å². The van der Waals surface area contributed by atoms with Crippen molar-refractivity contribution in [3.63, 3.8) is 0 Å². The molecule has 6 nitrogen and oxygen atoms in total. The van der Waals surface area contributed by atoms with Crippen molar-refractivity contribution in [3.8, 4) is 11.4 Å². The minimum absolute atomic E-state index is 0.00381. The molecule has 2 aromatic rings. The van der Waals surface area contributed by atoms with Gasteiger partial charge in [0.2, 0.25) is 21.7 Å². The van der Waals surface area contributed by atoms with Gasteiger partial charge in [0.25, 0.3) is 0 Å². The molecule has 1 aromatic heterocycles. The van der Waals surface area contributed by atoms with Crippen LogP contribution in [-0.4, -0.2) is 42.2 Å². The Balaban J connectivity index is 1.72. The molecule has 1 aromatic carbocycles. The lowest BCUT2D eigenvalue weighted by molar-refractivity contribution is 0.218. The van der Waals surface area contributed by atoms with Crippen molar-refractivity contribution in [3.05, 3.63) is 35.7 Å². The molecular weight excluding hydrogens is 290 g/mol. The molecule has 1 saturated heterocycles. The van der Waals surface area contributed by atoms with Gasteiger partial charge in [-0.25, -0.2) is 12.7 Å². The van der Waals surface area contributed by atoms with Crippen LogP contribution in [0.1, 0.15) is 24.3 Å². The summed E-state index contributed by atoms with van der Waals surface area (Å²) in [4.78, 5) is 4.38. The van der Waals surface area contributed by atoms with E-state index in [1.165, 1.54) is 16.1 Å². The van der Waals surface area contributed by atoms with Gasteiger partial charge >= 0.3 is 0 Å². The van der Waals surface area contributed by atoms with Crippen LogP contribution >= 0.6 is 0 Å². The number of sulfonamides is 1. The number of aryl methyl sites for hydroxylation is 1. The summed E-state index contributed by atoms with van der Waals surface area (Å²) in [5, 5.41) is 3.98. The van der Waals surface area contributed by atoms with Gasteiger partial charge in [0.05, 0.1) is 12.2 Å². The Morgan fingerprint density at radius 3 is 2.52 bits per heavy atom. The van der Waals surface area contributed by atoms with Crippen LogP contribution in [-0.2, 0) is 16.4 Å². The monoisotopic (exact) mass is 307 g/mol. The number of rotatable bonds is 4. The Morgan fingerprint density at radius 1 is 1.29 bits per heavy atom.